The summed E-state index contributed by atoms with van der Waals surface area (Å²) < 4.78 is 0. The largest absolute Gasteiger partial charge is 0.303 e. The van der Waals surface area contributed by atoms with E-state index in [2.05, 4.69) is 44.0 Å². The van der Waals surface area contributed by atoms with Crippen molar-refractivity contribution in [3.63, 3.8) is 0 Å². The van der Waals surface area contributed by atoms with E-state index in [4.69, 9.17) is 5.26 Å². The zero-order chi connectivity index (χ0) is 14.3. The molecule has 0 bridgehead atoms. The highest BCUT2D eigenvalue weighted by molar-refractivity contribution is 4.90. The van der Waals surface area contributed by atoms with Crippen molar-refractivity contribution >= 4 is 0 Å². The highest BCUT2D eigenvalue weighted by atomic mass is 15.1. The Bertz CT molecular complexity index is 279. The van der Waals surface area contributed by atoms with E-state index in [1.165, 1.54) is 25.9 Å². The van der Waals surface area contributed by atoms with Gasteiger partial charge in [0.25, 0.3) is 0 Å². The highest BCUT2D eigenvalue weighted by Gasteiger charge is 2.28. The fourth-order valence-electron chi connectivity index (χ4n) is 2.87. The molecule has 1 rings (SSSR count). The molecule has 0 saturated carbocycles. The first-order valence-electron chi connectivity index (χ1n) is 7.82. The molecule has 110 valence electrons. The molecule has 1 fully saturated rings. The molecule has 0 aliphatic carbocycles. The number of nitrogens with zero attached hydrogens (tertiary/aromatic N) is 2. The minimum absolute atomic E-state index is 0.0280. The third-order valence-electron chi connectivity index (χ3n) is 4.34. The summed E-state index contributed by atoms with van der Waals surface area (Å²) in [4.78, 5) is 2.53. The maximum atomic E-state index is 9.10. The summed E-state index contributed by atoms with van der Waals surface area (Å²) in [6, 6.07) is 2.40. The molecule has 1 unspecified atom stereocenters. The summed E-state index contributed by atoms with van der Waals surface area (Å²) in [5, 5.41) is 12.4. The number of likely N-dealkylation sites (tertiary alicyclic amines) is 1. The lowest BCUT2D eigenvalue weighted by Crippen LogP contribution is -2.40. The standard InChI is InChI=1S/C16H31N3/c1-5-9-18-15(13-17)8-12-19-10-6-14(7-11-19)16(2,3)4/h14-15,18H,5-12H2,1-4H3. The second-order valence-corrected chi connectivity index (χ2v) is 6.91. The predicted octanol–water partition coefficient (Wildman–Crippen LogP) is 3.03. The van der Waals surface area contributed by atoms with Gasteiger partial charge in [0.1, 0.15) is 0 Å². The minimum atomic E-state index is 0.0280. The van der Waals surface area contributed by atoms with Crippen molar-refractivity contribution in [3.8, 4) is 6.07 Å². The van der Waals surface area contributed by atoms with Gasteiger partial charge in [-0.25, -0.2) is 0 Å². The van der Waals surface area contributed by atoms with Crippen LogP contribution in [0.2, 0.25) is 0 Å². The number of nitriles is 1. The second kappa shape index (κ2) is 7.87. The van der Waals surface area contributed by atoms with Gasteiger partial charge in [0, 0.05) is 6.54 Å². The van der Waals surface area contributed by atoms with E-state index < -0.39 is 0 Å². The Morgan fingerprint density at radius 1 is 1.32 bits per heavy atom. The monoisotopic (exact) mass is 265 g/mol. The van der Waals surface area contributed by atoms with E-state index in [9.17, 15) is 0 Å². The molecule has 0 aromatic carbocycles. The van der Waals surface area contributed by atoms with Gasteiger partial charge < -0.3 is 10.2 Å². The predicted molar refractivity (Wildman–Crippen MR) is 80.9 cm³/mol. The molecule has 0 aromatic rings. The Labute approximate surface area is 119 Å². The average Bonchev–Trinajstić information content (AvgIpc) is 2.38. The fraction of sp³-hybridized carbons (Fsp3) is 0.938. The summed E-state index contributed by atoms with van der Waals surface area (Å²) in [6.07, 6.45) is 4.66. The lowest BCUT2D eigenvalue weighted by molar-refractivity contribution is 0.110. The first-order valence-corrected chi connectivity index (χ1v) is 7.82. The first-order chi connectivity index (χ1) is 8.97. The van der Waals surface area contributed by atoms with E-state index in [1.807, 2.05) is 0 Å². The van der Waals surface area contributed by atoms with Crippen molar-refractivity contribution in [1.29, 1.82) is 5.26 Å². The van der Waals surface area contributed by atoms with Crippen LogP contribution in [0.4, 0.5) is 0 Å². The van der Waals surface area contributed by atoms with Crippen molar-refractivity contribution in [3.05, 3.63) is 0 Å². The molecule has 3 heteroatoms. The van der Waals surface area contributed by atoms with Crippen LogP contribution < -0.4 is 5.32 Å². The van der Waals surface area contributed by atoms with Crippen molar-refractivity contribution in [2.45, 2.75) is 59.4 Å². The molecule has 1 aliphatic rings. The van der Waals surface area contributed by atoms with Crippen LogP contribution >= 0.6 is 0 Å². The van der Waals surface area contributed by atoms with Crippen LogP contribution in [-0.4, -0.2) is 37.1 Å². The SMILES string of the molecule is CCCNC(C#N)CCN1CCC(C(C)(C)C)CC1. The number of hydrogen-bond donors (Lipinski definition) is 1. The van der Waals surface area contributed by atoms with E-state index in [1.54, 1.807) is 0 Å². The van der Waals surface area contributed by atoms with E-state index in [-0.39, 0.29) is 6.04 Å². The van der Waals surface area contributed by atoms with E-state index >= 15 is 0 Å². The van der Waals surface area contributed by atoms with E-state index in [0.717, 1.165) is 31.8 Å². The summed E-state index contributed by atoms with van der Waals surface area (Å²) in [7, 11) is 0. The van der Waals surface area contributed by atoms with Crippen LogP contribution in [0.25, 0.3) is 0 Å². The fourth-order valence-corrected chi connectivity index (χ4v) is 2.87. The van der Waals surface area contributed by atoms with Gasteiger partial charge in [0.2, 0.25) is 0 Å². The maximum absolute atomic E-state index is 9.10. The van der Waals surface area contributed by atoms with Gasteiger partial charge in [-0.1, -0.05) is 27.7 Å². The molecule has 1 N–H and O–H groups in total. The van der Waals surface area contributed by atoms with Crippen molar-refractivity contribution < 1.29 is 0 Å². The Kier molecular flexibility index (Phi) is 6.82. The van der Waals surface area contributed by atoms with Gasteiger partial charge in [-0.05, 0) is 56.7 Å². The van der Waals surface area contributed by atoms with Crippen LogP contribution in [0.5, 0.6) is 0 Å². The summed E-state index contributed by atoms with van der Waals surface area (Å²) in [5.74, 6) is 0.855. The summed E-state index contributed by atoms with van der Waals surface area (Å²) >= 11 is 0. The molecule has 3 nitrogen and oxygen atoms in total. The Hall–Kier alpha value is -0.590. The third-order valence-corrected chi connectivity index (χ3v) is 4.34. The van der Waals surface area contributed by atoms with Crippen LogP contribution in [0.3, 0.4) is 0 Å². The van der Waals surface area contributed by atoms with E-state index in [0.29, 0.717) is 5.41 Å². The van der Waals surface area contributed by atoms with Crippen molar-refractivity contribution in [2.75, 3.05) is 26.2 Å². The molecular weight excluding hydrogens is 234 g/mol. The van der Waals surface area contributed by atoms with Crippen molar-refractivity contribution in [2.24, 2.45) is 11.3 Å². The van der Waals surface area contributed by atoms with Gasteiger partial charge in [-0.3, -0.25) is 0 Å². The molecule has 19 heavy (non-hydrogen) atoms. The molecule has 0 aromatic heterocycles. The topological polar surface area (TPSA) is 39.1 Å². The Morgan fingerprint density at radius 3 is 2.42 bits per heavy atom. The molecule has 0 radical (unpaired) electrons. The zero-order valence-corrected chi connectivity index (χ0v) is 13.2. The molecule has 1 aliphatic heterocycles. The highest BCUT2D eigenvalue weighted by Crippen LogP contribution is 2.34. The number of nitrogens with one attached hydrogen (secondary N) is 1. The lowest BCUT2D eigenvalue weighted by Gasteiger charge is -2.39. The lowest BCUT2D eigenvalue weighted by atomic mass is 9.75. The molecule has 0 spiro atoms. The zero-order valence-electron chi connectivity index (χ0n) is 13.2. The Balaban J connectivity index is 2.24. The number of hydrogen-bond acceptors (Lipinski definition) is 3. The van der Waals surface area contributed by atoms with Gasteiger partial charge in [0.15, 0.2) is 0 Å². The smallest absolute Gasteiger partial charge is 0.0965 e. The molecular formula is C16H31N3. The minimum Gasteiger partial charge on any atom is -0.303 e. The second-order valence-electron chi connectivity index (χ2n) is 6.91. The van der Waals surface area contributed by atoms with Gasteiger partial charge in [0.05, 0.1) is 12.1 Å². The maximum Gasteiger partial charge on any atom is 0.0965 e. The molecule has 1 atom stereocenters. The number of piperidine rings is 1. The van der Waals surface area contributed by atoms with Crippen LogP contribution in [-0.2, 0) is 0 Å². The third kappa shape index (κ3) is 5.93. The molecule has 0 amide bonds. The average molecular weight is 265 g/mol. The van der Waals surface area contributed by atoms with Crippen molar-refractivity contribution in [1.82, 2.24) is 10.2 Å². The number of rotatable bonds is 6. The summed E-state index contributed by atoms with van der Waals surface area (Å²) in [5.41, 5.74) is 0.448. The van der Waals surface area contributed by atoms with Crippen LogP contribution in [0.15, 0.2) is 0 Å². The normalized spacial score (nSPS) is 20.2. The molecule has 1 heterocycles. The van der Waals surface area contributed by atoms with Gasteiger partial charge in [-0.2, -0.15) is 5.26 Å². The quantitative estimate of drug-likeness (QED) is 0.802. The first kappa shape index (κ1) is 16.5. The Morgan fingerprint density at radius 2 is 1.95 bits per heavy atom. The van der Waals surface area contributed by atoms with Gasteiger partial charge in [-0.15, -0.1) is 0 Å². The molecule has 1 saturated heterocycles. The van der Waals surface area contributed by atoms with Gasteiger partial charge >= 0.3 is 0 Å². The summed E-state index contributed by atoms with van der Waals surface area (Å²) in [6.45, 7) is 13.6. The van der Waals surface area contributed by atoms with Crippen LogP contribution in [0, 0.1) is 22.7 Å². The van der Waals surface area contributed by atoms with Crippen LogP contribution in [0.1, 0.15) is 53.4 Å².